The fourth-order valence-corrected chi connectivity index (χ4v) is 6.48. The molecular formula is C29H29F3N2O4S. The number of carbonyl (C=O) groups excluding carboxylic acids is 1. The summed E-state index contributed by atoms with van der Waals surface area (Å²) in [6.45, 7) is 5.54. The molecule has 10 heteroatoms. The van der Waals surface area contributed by atoms with Crippen LogP contribution in [0.25, 0.3) is 0 Å². The summed E-state index contributed by atoms with van der Waals surface area (Å²) < 4.78 is 74.1. The van der Waals surface area contributed by atoms with Crippen LogP contribution in [0, 0.1) is 18.8 Å². The quantitative estimate of drug-likeness (QED) is 0.322. The van der Waals surface area contributed by atoms with Gasteiger partial charge in [0.15, 0.2) is 5.78 Å². The van der Waals surface area contributed by atoms with E-state index in [-0.39, 0.29) is 45.9 Å². The van der Waals surface area contributed by atoms with E-state index in [1.165, 1.54) is 19.1 Å². The first-order chi connectivity index (χ1) is 18.3. The van der Waals surface area contributed by atoms with Gasteiger partial charge in [0.25, 0.3) is 10.0 Å². The molecule has 6 nitrogen and oxygen atoms in total. The van der Waals surface area contributed by atoms with Crippen molar-refractivity contribution in [3.63, 3.8) is 0 Å². The molecule has 2 aliphatic rings. The second-order valence-corrected chi connectivity index (χ2v) is 12.1. The largest absolute Gasteiger partial charge is 0.416 e. The highest BCUT2D eigenvalue weighted by atomic mass is 32.2. The van der Waals surface area contributed by atoms with Crippen molar-refractivity contribution in [2.24, 2.45) is 11.8 Å². The van der Waals surface area contributed by atoms with Crippen LogP contribution in [-0.4, -0.2) is 20.8 Å². The second-order valence-electron chi connectivity index (χ2n) is 10.4. The van der Waals surface area contributed by atoms with Crippen LogP contribution in [0.2, 0.25) is 0 Å². The molecule has 0 bridgehead atoms. The molecule has 3 atom stereocenters. The Hall–Kier alpha value is -3.37. The Morgan fingerprint density at radius 2 is 1.77 bits per heavy atom. The fourth-order valence-electron chi connectivity index (χ4n) is 5.40. The predicted molar refractivity (Wildman–Crippen MR) is 142 cm³/mol. The Balaban J connectivity index is 1.41. The molecule has 0 amide bonds. The molecule has 1 fully saturated rings. The topological polar surface area (TPSA) is 84.5 Å². The molecule has 206 valence electrons. The molecule has 2 heterocycles. The monoisotopic (exact) mass is 558 g/mol. The first-order valence-electron chi connectivity index (χ1n) is 12.7. The Morgan fingerprint density at radius 3 is 2.41 bits per heavy atom. The van der Waals surface area contributed by atoms with E-state index >= 15 is 0 Å². The Kier molecular flexibility index (Phi) is 6.97. The van der Waals surface area contributed by atoms with E-state index in [1.807, 2.05) is 38.1 Å². The van der Waals surface area contributed by atoms with Crippen molar-refractivity contribution in [2.75, 3.05) is 16.6 Å². The molecule has 0 radical (unpaired) electrons. The van der Waals surface area contributed by atoms with Crippen molar-refractivity contribution in [1.82, 2.24) is 0 Å². The number of aryl methyl sites for hydroxylation is 1. The maximum absolute atomic E-state index is 13.2. The van der Waals surface area contributed by atoms with Crippen LogP contribution >= 0.6 is 0 Å². The standard InChI is InChI=1S/C29H29F3N2O4S/c1-16(2)27(35)19-6-4-18(5-7-19)26-22-12-13-38-28(22)23-15-21(9-11-25(23)33-26)39(36,37)34-20-8-10-24(17(3)14-20)29(30,31)32/h4-11,14-16,22,26,28,33-34H,12-13H2,1-3H3/t22-,26?,28?/m0/s1. The number of Topliss-reactive ketones (excluding diaryl/α,β-unsaturated/α-hetero) is 1. The van der Waals surface area contributed by atoms with E-state index in [0.717, 1.165) is 29.8 Å². The molecule has 2 unspecified atom stereocenters. The average Bonchev–Trinajstić information content (AvgIpc) is 3.37. The van der Waals surface area contributed by atoms with Gasteiger partial charge in [-0.25, -0.2) is 8.42 Å². The van der Waals surface area contributed by atoms with Crippen molar-refractivity contribution < 1.29 is 31.1 Å². The first-order valence-corrected chi connectivity index (χ1v) is 14.2. The Labute approximate surface area is 225 Å². The zero-order valence-corrected chi connectivity index (χ0v) is 22.5. The van der Waals surface area contributed by atoms with E-state index < -0.39 is 21.8 Å². The predicted octanol–water partition coefficient (Wildman–Crippen LogP) is 6.90. The lowest BCUT2D eigenvalue weighted by Gasteiger charge is -2.36. The van der Waals surface area contributed by atoms with Crippen molar-refractivity contribution in [3.05, 3.63) is 88.5 Å². The molecule has 0 aliphatic carbocycles. The van der Waals surface area contributed by atoms with Gasteiger partial charge in [0.05, 0.1) is 22.6 Å². The van der Waals surface area contributed by atoms with E-state index in [0.29, 0.717) is 17.7 Å². The second kappa shape index (κ2) is 9.98. The van der Waals surface area contributed by atoms with Gasteiger partial charge in [0.1, 0.15) is 0 Å². The minimum atomic E-state index is -4.52. The zero-order chi connectivity index (χ0) is 28.1. The molecule has 3 aromatic rings. The molecule has 2 aliphatic heterocycles. The maximum atomic E-state index is 13.2. The molecule has 3 aromatic carbocycles. The number of carbonyl (C=O) groups is 1. The van der Waals surface area contributed by atoms with E-state index in [1.54, 1.807) is 12.1 Å². The zero-order valence-electron chi connectivity index (χ0n) is 21.7. The third-order valence-corrected chi connectivity index (χ3v) is 8.76. The number of fused-ring (bicyclic) bond motifs is 3. The number of benzene rings is 3. The summed E-state index contributed by atoms with van der Waals surface area (Å²) in [6.07, 6.45) is -4.07. The SMILES string of the molecule is Cc1cc(NS(=O)(=O)c2ccc3c(c2)C2OCC[C@H]2C(c2ccc(C(=O)C(C)C)cc2)N3)ccc1C(F)(F)F. The smallest absolute Gasteiger partial charge is 0.378 e. The van der Waals surface area contributed by atoms with Crippen LogP contribution in [0.5, 0.6) is 0 Å². The number of nitrogens with one attached hydrogen (secondary N) is 2. The summed E-state index contributed by atoms with van der Waals surface area (Å²) in [5.74, 6) is 0.0402. The molecule has 39 heavy (non-hydrogen) atoms. The van der Waals surface area contributed by atoms with Crippen LogP contribution in [0.3, 0.4) is 0 Å². The van der Waals surface area contributed by atoms with Gasteiger partial charge in [-0.3, -0.25) is 9.52 Å². The third-order valence-electron chi connectivity index (χ3n) is 7.38. The number of halogens is 3. The van der Waals surface area contributed by atoms with E-state index in [2.05, 4.69) is 10.0 Å². The molecule has 5 rings (SSSR count). The lowest BCUT2D eigenvalue weighted by Crippen LogP contribution is -2.29. The van der Waals surface area contributed by atoms with Crippen LogP contribution in [-0.2, 0) is 20.9 Å². The van der Waals surface area contributed by atoms with Crippen LogP contribution in [0.1, 0.15) is 65.0 Å². The fraction of sp³-hybridized carbons (Fsp3) is 0.345. The molecule has 2 N–H and O–H groups in total. The number of alkyl halides is 3. The normalized spacial score (nSPS) is 20.7. The average molecular weight is 559 g/mol. The number of sulfonamides is 1. The summed E-state index contributed by atoms with van der Waals surface area (Å²) in [7, 11) is -4.07. The van der Waals surface area contributed by atoms with Gasteiger partial charge < -0.3 is 10.1 Å². The van der Waals surface area contributed by atoms with Gasteiger partial charge in [-0.1, -0.05) is 38.1 Å². The van der Waals surface area contributed by atoms with E-state index in [9.17, 15) is 26.4 Å². The third kappa shape index (κ3) is 5.27. The number of hydrogen-bond donors (Lipinski definition) is 2. The molecule has 1 saturated heterocycles. The van der Waals surface area contributed by atoms with Crippen LogP contribution in [0.4, 0.5) is 24.5 Å². The van der Waals surface area contributed by atoms with Gasteiger partial charge in [-0.2, -0.15) is 13.2 Å². The summed E-state index contributed by atoms with van der Waals surface area (Å²) >= 11 is 0. The number of rotatable bonds is 6. The van der Waals surface area contributed by atoms with Gasteiger partial charge in [-0.15, -0.1) is 0 Å². The lowest BCUT2D eigenvalue weighted by atomic mass is 9.81. The Morgan fingerprint density at radius 1 is 1.05 bits per heavy atom. The minimum absolute atomic E-state index is 0.00940. The summed E-state index contributed by atoms with van der Waals surface area (Å²) in [5.41, 5.74) is 2.29. The Bertz CT molecular complexity index is 1520. The summed E-state index contributed by atoms with van der Waals surface area (Å²) in [6, 6.07) is 15.3. The summed E-state index contributed by atoms with van der Waals surface area (Å²) in [5, 5.41) is 3.53. The number of ketones is 1. The van der Waals surface area contributed by atoms with Crippen LogP contribution in [0.15, 0.2) is 65.6 Å². The van der Waals surface area contributed by atoms with Crippen LogP contribution < -0.4 is 10.0 Å². The van der Waals surface area contributed by atoms with Crippen molar-refractivity contribution in [3.8, 4) is 0 Å². The highest BCUT2D eigenvalue weighted by molar-refractivity contribution is 7.92. The maximum Gasteiger partial charge on any atom is 0.416 e. The number of hydrogen-bond acceptors (Lipinski definition) is 5. The van der Waals surface area contributed by atoms with Gasteiger partial charge in [-0.05, 0) is 60.9 Å². The van der Waals surface area contributed by atoms with Crippen molar-refractivity contribution in [1.29, 1.82) is 0 Å². The highest BCUT2D eigenvalue weighted by Gasteiger charge is 2.42. The number of anilines is 2. The molecule has 0 saturated carbocycles. The first kappa shape index (κ1) is 27.2. The lowest BCUT2D eigenvalue weighted by molar-refractivity contribution is -0.138. The van der Waals surface area contributed by atoms with E-state index in [4.69, 9.17) is 4.74 Å². The van der Waals surface area contributed by atoms with Crippen molar-refractivity contribution in [2.45, 2.75) is 50.4 Å². The van der Waals surface area contributed by atoms with Crippen molar-refractivity contribution >= 4 is 27.2 Å². The molecule has 0 spiro atoms. The highest BCUT2D eigenvalue weighted by Crippen LogP contribution is 2.50. The van der Waals surface area contributed by atoms with Gasteiger partial charge >= 0.3 is 6.18 Å². The molecular weight excluding hydrogens is 529 g/mol. The van der Waals surface area contributed by atoms with Gasteiger partial charge in [0, 0.05) is 40.9 Å². The van der Waals surface area contributed by atoms with Gasteiger partial charge in [0.2, 0.25) is 0 Å². The summed E-state index contributed by atoms with van der Waals surface area (Å²) in [4.78, 5) is 12.3. The number of ether oxygens (including phenoxy) is 1. The molecule has 0 aromatic heterocycles. The minimum Gasteiger partial charge on any atom is -0.378 e.